The van der Waals surface area contributed by atoms with E-state index in [1.807, 2.05) is 41.9 Å². The summed E-state index contributed by atoms with van der Waals surface area (Å²) in [4.78, 5) is 10.0. The van der Waals surface area contributed by atoms with Crippen molar-refractivity contribution in [1.82, 2.24) is 14.4 Å². The van der Waals surface area contributed by atoms with Crippen LogP contribution in [0.2, 0.25) is 0 Å². The van der Waals surface area contributed by atoms with Gasteiger partial charge >= 0.3 is 0 Å². The highest BCUT2D eigenvalue weighted by molar-refractivity contribution is 7.86. The lowest BCUT2D eigenvalue weighted by molar-refractivity contribution is 0.602. The highest BCUT2D eigenvalue weighted by atomic mass is 32.2. The minimum Gasteiger partial charge on any atom is -0.304 e. The molecular weight excluding hydrogens is 314 g/mol. The fourth-order valence-corrected chi connectivity index (χ4v) is 4.40. The topological polar surface area (TPSA) is 47.3 Å². The SMILES string of the molecule is Cc1cccc2nc(C[S@@](=O)c3ncc(C(C)(C)C)s3)cn12. The van der Waals surface area contributed by atoms with Gasteiger partial charge in [-0.25, -0.2) is 9.97 Å². The van der Waals surface area contributed by atoms with E-state index >= 15 is 0 Å². The second kappa shape index (κ2) is 5.59. The summed E-state index contributed by atoms with van der Waals surface area (Å²) in [6.45, 7) is 8.44. The molecule has 0 N–H and O–H groups in total. The molecule has 0 fully saturated rings. The summed E-state index contributed by atoms with van der Waals surface area (Å²) in [6, 6.07) is 5.97. The van der Waals surface area contributed by atoms with E-state index in [-0.39, 0.29) is 5.41 Å². The van der Waals surface area contributed by atoms with Crippen LogP contribution in [0.25, 0.3) is 5.65 Å². The molecular formula is C16H19N3OS2. The second-order valence-electron chi connectivity index (χ2n) is 6.36. The summed E-state index contributed by atoms with van der Waals surface area (Å²) >= 11 is 1.53. The molecule has 0 bridgehead atoms. The lowest BCUT2D eigenvalue weighted by Crippen LogP contribution is -2.07. The molecule has 0 spiro atoms. The Bertz CT molecular complexity index is 843. The van der Waals surface area contributed by atoms with Gasteiger partial charge in [0.1, 0.15) is 5.65 Å². The van der Waals surface area contributed by atoms with Crippen molar-refractivity contribution in [1.29, 1.82) is 0 Å². The number of rotatable bonds is 3. The lowest BCUT2D eigenvalue weighted by atomic mass is 9.96. The molecule has 0 saturated heterocycles. The van der Waals surface area contributed by atoms with Crippen LogP contribution < -0.4 is 0 Å². The van der Waals surface area contributed by atoms with Crippen LogP contribution in [0.1, 0.15) is 37.0 Å². The van der Waals surface area contributed by atoms with Crippen molar-refractivity contribution in [2.75, 3.05) is 0 Å². The highest BCUT2D eigenvalue weighted by Crippen LogP contribution is 2.29. The van der Waals surface area contributed by atoms with E-state index in [0.717, 1.165) is 21.9 Å². The molecule has 22 heavy (non-hydrogen) atoms. The van der Waals surface area contributed by atoms with Crippen molar-refractivity contribution in [3.63, 3.8) is 0 Å². The Balaban J connectivity index is 1.84. The van der Waals surface area contributed by atoms with Gasteiger partial charge in [-0.1, -0.05) is 26.8 Å². The Morgan fingerprint density at radius 3 is 2.73 bits per heavy atom. The van der Waals surface area contributed by atoms with Crippen LogP contribution in [0.5, 0.6) is 0 Å². The summed E-state index contributed by atoms with van der Waals surface area (Å²) < 4.78 is 15.2. The van der Waals surface area contributed by atoms with E-state index in [0.29, 0.717) is 10.1 Å². The molecule has 6 heteroatoms. The number of nitrogens with zero attached hydrogens (tertiary/aromatic N) is 3. The number of hydrogen-bond donors (Lipinski definition) is 0. The maximum absolute atomic E-state index is 12.5. The predicted octanol–water partition coefficient (Wildman–Crippen LogP) is 3.70. The van der Waals surface area contributed by atoms with Gasteiger partial charge in [-0.05, 0) is 24.5 Å². The Labute approximate surface area is 136 Å². The molecule has 0 saturated carbocycles. The van der Waals surface area contributed by atoms with Gasteiger partial charge in [0.15, 0.2) is 4.34 Å². The van der Waals surface area contributed by atoms with Gasteiger partial charge in [0.05, 0.1) is 22.2 Å². The summed E-state index contributed by atoms with van der Waals surface area (Å²) in [5.41, 5.74) is 2.88. The van der Waals surface area contributed by atoms with Gasteiger partial charge in [0.2, 0.25) is 0 Å². The van der Waals surface area contributed by atoms with Crippen molar-refractivity contribution in [3.8, 4) is 0 Å². The van der Waals surface area contributed by atoms with Gasteiger partial charge in [-0.3, -0.25) is 4.21 Å². The van der Waals surface area contributed by atoms with Crippen LogP contribution in [-0.4, -0.2) is 18.6 Å². The molecule has 3 heterocycles. The van der Waals surface area contributed by atoms with E-state index in [1.54, 1.807) is 0 Å². The zero-order chi connectivity index (χ0) is 15.9. The number of aryl methyl sites for hydroxylation is 1. The van der Waals surface area contributed by atoms with Gasteiger partial charge < -0.3 is 4.40 Å². The number of imidazole rings is 1. The summed E-state index contributed by atoms with van der Waals surface area (Å²) in [5, 5.41) is 0. The predicted molar refractivity (Wildman–Crippen MR) is 90.9 cm³/mol. The number of pyridine rings is 1. The molecule has 3 rings (SSSR count). The Kier molecular flexibility index (Phi) is 3.91. The molecule has 0 aliphatic carbocycles. The smallest absolute Gasteiger partial charge is 0.181 e. The molecule has 3 aromatic rings. The average molecular weight is 333 g/mol. The van der Waals surface area contributed by atoms with Gasteiger partial charge in [-0.2, -0.15) is 0 Å². The zero-order valence-electron chi connectivity index (χ0n) is 13.2. The maximum atomic E-state index is 12.5. The molecule has 0 amide bonds. The van der Waals surface area contributed by atoms with E-state index in [4.69, 9.17) is 0 Å². The first-order valence-electron chi connectivity index (χ1n) is 7.13. The molecule has 0 aliphatic heterocycles. The molecule has 4 nitrogen and oxygen atoms in total. The van der Waals surface area contributed by atoms with E-state index in [9.17, 15) is 4.21 Å². The number of thiazole rings is 1. The van der Waals surface area contributed by atoms with E-state index < -0.39 is 10.8 Å². The number of aromatic nitrogens is 3. The summed E-state index contributed by atoms with van der Waals surface area (Å²) in [5.74, 6) is 0.401. The molecule has 1 atom stereocenters. The number of fused-ring (bicyclic) bond motifs is 1. The Hall–Kier alpha value is -1.53. The fourth-order valence-electron chi connectivity index (χ4n) is 2.17. The molecule has 116 valence electrons. The second-order valence-corrected chi connectivity index (χ2v) is 9.01. The van der Waals surface area contributed by atoms with E-state index in [1.165, 1.54) is 11.3 Å². The third-order valence-electron chi connectivity index (χ3n) is 3.44. The Morgan fingerprint density at radius 1 is 1.32 bits per heavy atom. The average Bonchev–Trinajstić information content (AvgIpc) is 3.04. The third-order valence-corrected chi connectivity index (χ3v) is 6.52. The molecule has 0 radical (unpaired) electrons. The fraction of sp³-hybridized carbons (Fsp3) is 0.375. The number of hydrogen-bond acceptors (Lipinski definition) is 4. The van der Waals surface area contributed by atoms with Crippen LogP contribution in [0.4, 0.5) is 0 Å². The lowest BCUT2D eigenvalue weighted by Gasteiger charge is -2.14. The molecule has 0 unspecified atom stereocenters. The molecule has 0 aliphatic rings. The van der Waals surface area contributed by atoms with Crippen molar-refractivity contribution in [3.05, 3.63) is 46.9 Å². The van der Waals surface area contributed by atoms with E-state index in [2.05, 4.69) is 30.7 Å². The highest BCUT2D eigenvalue weighted by Gasteiger charge is 2.20. The van der Waals surface area contributed by atoms with Gasteiger partial charge in [0.25, 0.3) is 0 Å². The van der Waals surface area contributed by atoms with Crippen molar-refractivity contribution in [2.24, 2.45) is 0 Å². The van der Waals surface area contributed by atoms with Gasteiger partial charge in [-0.15, -0.1) is 11.3 Å². The largest absolute Gasteiger partial charge is 0.304 e. The quantitative estimate of drug-likeness (QED) is 0.734. The van der Waals surface area contributed by atoms with Crippen LogP contribution in [0, 0.1) is 6.92 Å². The van der Waals surface area contributed by atoms with Crippen LogP contribution in [-0.2, 0) is 22.0 Å². The normalized spacial score (nSPS) is 13.6. The Morgan fingerprint density at radius 2 is 2.09 bits per heavy atom. The van der Waals surface area contributed by atoms with Crippen LogP contribution in [0.15, 0.2) is 34.9 Å². The standard InChI is InChI=1S/C16H19N3OS2/c1-11-6-5-7-14-18-12(9-19(11)14)10-22(20)15-17-8-13(21-15)16(2,3)4/h5-9H,10H2,1-4H3/t22-/m1/s1. The molecule has 0 aromatic carbocycles. The maximum Gasteiger partial charge on any atom is 0.181 e. The van der Waals surface area contributed by atoms with Crippen molar-refractivity contribution >= 4 is 27.8 Å². The minimum atomic E-state index is -1.15. The summed E-state index contributed by atoms with van der Waals surface area (Å²) in [6.07, 6.45) is 3.80. The first-order valence-corrected chi connectivity index (χ1v) is 9.26. The van der Waals surface area contributed by atoms with Crippen LogP contribution in [0.3, 0.4) is 0 Å². The molecule has 3 aromatic heterocycles. The first kappa shape index (κ1) is 15.4. The van der Waals surface area contributed by atoms with Gasteiger partial charge in [0, 0.05) is 23.0 Å². The zero-order valence-corrected chi connectivity index (χ0v) is 14.8. The minimum absolute atomic E-state index is 0.0420. The summed E-state index contributed by atoms with van der Waals surface area (Å²) in [7, 11) is -1.15. The first-order chi connectivity index (χ1) is 10.3. The van der Waals surface area contributed by atoms with Crippen LogP contribution >= 0.6 is 11.3 Å². The third kappa shape index (κ3) is 2.98. The van der Waals surface area contributed by atoms with Crippen molar-refractivity contribution in [2.45, 2.75) is 43.2 Å². The monoisotopic (exact) mass is 333 g/mol. The van der Waals surface area contributed by atoms with Crippen molar-refractivity contribution < 1.29 is 4.21 Å².